The fourth-order valence-electron chi connectivity index (χ4n) is 5.74. The number of urea groups is 1. The Morgan fingerprint density at radius 1 is 1.21 bits per heavy atom. The van der Waals surface area contributed by atoms with Gasteiger partial charge in [0.1, 0.15) is 12.2 Å². The van der Waals surface area contributed by atoms with Crippen LogP contribution in [0.25, 0.3) is 21.6 Å². The number of carbonyl (C=O) groups is 3. The van der Waals surface area contributed by atoms with Crippen molar-refractivity contribution < 1.29 is 14.4 Å². The van der Waals surface area contributed by atoms with Crippen LogP contribution in [0, 0.1) is 0 Å². The normalized spacial score (nSPS) is 19.0. The molecule has 2 saturated heterocycles. The SMILES string of the molecule is CCCN(C(=O)NC)N1CC(=O)N2[C@@H](Cc3ccc(-c4nnn[nH]4)cc3)C(=O)N(Cc3cccc4sc(N)nc34)C[C@@H]21. The number of benzene rings is 2. The first-order chi connectivity index (χ1) is 20.4. The third-order valence-electron chi connectivity index (χ3n) is 7.64. The molecule has 4 amide bonds. The molecule has 2 aliphatic rings. The number of hydrogen-bond donors (Lipinski definition) is 3. The lowest BCUT2D eigenvalue weighted by Crippen LogP contribution is -2.66. The van der Waals surface area contributed by atoms with Gasteiger partial charge in [0, 0.05) is 32.1 Å². The predicted octanol–water partition coefficient (Wildman–Crippen LogP) is 1.45. The second kappa shape index (κ2) is 11.3. The van der Waals surface area contributed by atoms with Crippen molar-refractivity contribution in [3.05, 3.63) is 53.6 Å². The standard InChI is InChI=1S/C27H31N11O3S/c1-3-11-36(27(41)29-2)37-15-22(39)38-19(12-16-7-9-17(10-8-16)24-31-33-34-32-24)25(40)35(14-21(37)38)13-18-5-4-6-20-23(18)30-26(28)42-20/h4-10,19,21H,3,11-15H2,1-2H3,(H2,28,30)(H,29,41)(H,31,32,33,34)/t19-,21+/m0/s1. The number of thiazole rings is 1. The van der Waals surface area contributed by atoms with Crippen LogP contribution in [0.3, 0.4) is 0 Å². The maximum Gasteiger partial charge on any atom is 0.331 e. The average molecular weight is 590 g/mol. The molecule has 4 aromatic rings. The number of anilines is 1. The number of H-pyrrole nitrogens is 1. The highest BCUT2D eigenvalue weighted by Crippen LogP contribution is 2.32. The number of para-hydroxylation sites is 1. The molecule has 6 rings (SSSR count). The van der Waals surface area contributed by atoms with Gasteiger partial charge in [-0.15, -0.1) is 5.10 Å². The molecular weight excluding hydrogens is 558 g/mol. The zero-order valence-electron chi connectivity index (χ0n) is 23.2. The van der Waals surface area contributed by atoms with Crippen molar-refractivity contribution in [2.24, 2.45) is 0 Å². The number of rotatable bonds is 8. The highest BCUT2D eigenvalue weighted by molar-refractivity contribution is 7.22. The highest BCUT2D eigenvalue weighted by Gasteiger charge is 2.52. The van der Waals surface area contributed by atoms with E-state index in [1.807, 2.05) is 49.4 Å². The van der Waals surface area contributed by atoms with Gasteiger partial charge in [-0.2, -0.15) is 5.01 Å². The van der Waals surface area contributed by atoms with E-state index in [9.17, 15) is 14.4 Å². The molecule has 2 atom stereocenters. The first-order valence-electron chi connectivity index (χ1n) is 13.7. The van der Waals surface area contributed by atoms with E-state index >= 15 is 0 Å². The van der Waals surface area contributed by atoms with Gasteiger partial charge in [-0.25, -0.2) is 14.9 Å². The van der Waals surface area contributed by atoms with E-state index in [1.54, 1.807) is 26.9 Å². The van der Waals surface area contributed by atoms with Gasteiger partial charge in [-0.05, 0) is 34.0 Å². The molecule has 0 aliphatic carbocycles. The summed E-state index contributed by atoms with van der Waals surface area (Å²) in [5.74, 6) is 0.183. The van der Waals surface area contributed by atoms with Crippen LogP contribution >= 0.6 is 11.3 Å². The second-order valence-electron chi connectivity index (χ2n) is 10.3. The molecule has 2 aromatic heterocycles. The summed E-state index contributed by atoms with van der Waals surface area (Å²) < 4.78 is 0.945. The quantitative estimate of drug-likeness (QED) is 0.275. The minimum atomic E-state index is -0.757. The molecule has 0 spiro atoms. The zero-order chi connectivity index (χ0) is 29.4. The number of fused-ring (bicyclic) bond motifs is 2. The van der Waals surface area contributed by atoms with Crippen molar-refractivity contribution in [2.75, 3.05) is 32.4 Å². The minimum absolute atomic E-state index is 0.00530. The summed E-state index contributed by atoms with van der Waals surface area (Å²) in [6.45, 7) is 2.96. The van der Waals surface area contributed by atoms with Gasteiger partial charge < -0.3 is 20.9 Å². The Bertz CT molecular complexity index is 1610. The summed E-state index contributed by atoms with van der Waals surface area (Å²) in [7, 11) is 1.57. The summed E-state index contributed by atoms with van der Waals surface area (Å²) in [5, 5.41) is 20.4. The fraction of sp³-hybridized carbons (Fsp3) is 0.370. The Kier molecular flexibility index (Phi) is 7.43. The van der Waals surface area contributed by atoms with E-state index in [2.05, 4.69) is 30.9 Å². The number of carbonyl (C=O) groups excluding carboxylic acids is 3. The van der Waals surface area contributed by atoms with Gasteiger partial charge >= 0.3 is 6.03 Å². The Morgan fingerprint density at radius 3 is 2.74 bits per heavy atom. The molecule has 0 radical (unpaired) electrons. The van der Waals surface area contributed by atoms with E-state index in [-0.39, 0.29) is 30.9 Å². The van der Waals surface area contributed by atoms with Crippen LogP contribution in [0.1, 0.15) is 24.5 Å². The maximum absolute atomic E-state index is 14.2. The molecule has 0 bridgehead atoms. The molecule has 218 valence electrons. The van der Waals surface area contributed by atoms with E-state index in [0.717, 1.165) is 26.9 Å². The number of nitrogen functional groups attached to an aromatic ring is 1. The lowest BCUT2D eigenvalue weighted by atomic mass is 9.99. The monoisotopic (exact) mass is 589 g/mol. The van der Waals surface area contributed by atoms with Gasteiger partial charge in [0.2, 0.25) is 11.8 Å². The van der Waals surface area contributed by atoms with Gasteiger partial charge in [0.15, 0.2) is 11.0 Å². The van der Waals surface area contributed by atoms with Crippen molar-refractivity contribution in [1.82, 2.24) is 50.7 Å². The minimum Gasteiger partial charge on any atom is -0.375 e. The number of nitrogens with two attached hydrogens (primary N) is 1. The fourth-order valence-corrected chi connectivity index (χ4v) is 6.52. The summed E-state index contributed by atoms with van der Waals surface area (Å²) in [6, 6.07) is 12.3. The third-order valence-corrected chi connectivity index (χ3v) is 8.49. The molecule has 4 N–H and O–H groups in total. The van der Waals surface area contributed by atoms with Crippen molar-refractivity contribution in [3.8, 4) is 11.4 Å². The number of tetrazole rings is 1. The van der Waals surface area contributed by atoms with Crippen LogP contribution in [-0.4, -0.2) is 102 Å². The molecule has 14 nitrogen and oxygen atoms in total. The lowest BCUT2D eigenvalue weighted by Gasteiger charge is -2.46. The van der Waals surface area contributed by atoms with Crippen LogP contribution in [0.2, 0.25) is 0 Å². The topological polar surface area (TPSA) is 170 Å². The first kappa shape index (κ1) is 27.5. The number of hydrogen-bond acceptors (Lipinski definition) is 10. The number of nitrogens with one attached hydrogen (secondary N) is 2. The van der Waals surface area contributed by atoms with Gasteiger partial charge in [-0.3, -0.25) is 14.6 Å². The molecule has 0 unspecified atom stereocenters. The van der Waals surface area contributed by atoms with Gasteiger partial charge in [0.25, 0.3) is 0 Å². The van der Waals surface area contributed by atoms with E-state index < -0.39 is 12.2 Å². The Labute approximate surface area is 245 Å². The van der Waals surface area contributed by atoms with E-state index in [1.165, 1.54) is 11.3 Å². The molecule has 15 heteroatoms. The van der Waals surface area contributed by atoms with Gasteiger partial charge in [0.05, 0.1) is 23.3 Å². The smallest absolute Gasteiger partial charge is 0.331 e. The Morgan fingerprint density at radius 2 is 2.02 bits per heavy atom. The average Bonchev–Trinajstić information content (AvgIpc) is 3.73. The van der Waals surface area contributed by atoms with Crippen molar-refractivity contribution >= 4 is 44.5 Å². The third kappa shape index (κ3) is 5.00. The van der Waals surface area contributed by atoms with Crippen molar-refractivity contribution in [2.45, 2.75) is 38.5 Å². The van der Waals surface area contributed by atoms with E-state index in [0.29, 0.717) is 36.9 Å². The molecule has 4 heterocycles. The summed E-state index contributed by atoms with van der Waals surface area (Å²) >= 11 is 1.40. The van der Waals surface area contributed by atoms with Crippen LogP contribution in [0.5, 0.6) is 0 Å². The molecule has 2 aliphatic heterocycles. The molecule has 0 saturated carbocycles. The molecule has 2 fully saturated rings. The number of piperazine rings is 1. The van der Waals surface area contributed by atoms with Crippen LogP contribution in [-0.2, 0) is 22.6 Å². The molecule has 2 aromatic carbocycles. The number of aromatic nitrogens is 5. The summed E-state index contributed by atoms with van der Waals surface area (Å²) in [5.41, 5.74) is 9.32. The van der Waals surface area contributed by atoms with Crippen molar-refractivity contribution in [1.29, 1.82) is 0 Å². The van der Waals surface area contributed by atoms with Crippen molar-refractivity contribution in [3.63, 3.8) is 0 Å². The van der Waals surface area contributed by atoms with Crippen LogP contribution in [0.4, 0.5) is 9.93 Å². The lowest BCUT2D eigenvalue weighted by molar-refractivity contribution is -0.157. The number of amides is 4. The molecule has 42 heavy (non-hydrogen) atoms. The highest BCUT2D eigenvalue weighted by atomic mass is 32.1. The predicted molar refractivity (Wildman–Crippen MR) is 155 cm³/mol. The van der Waals surface area contributed by atoms with Crippen LogP contribution in [0.15, 0.2) is 42.5 Å². The summed E-state index contributed by atoms with van der Waals surface area (Å²) in [4.78, 5) is 48.5. The van der Waals surface area contributed by atoms with Crippen LogP contribution < -0.4 is 11.1 Å². The Hall–Kier alpha value is -4.63. The molecular formula is C27H31N11O3S. The summed E-state index contributed by atoms with van der Waals surface area (Å²) in [6.07, 6.45) is 0.502. The maximum atomic E-state index is 14.2. The Balaban J connectivity index is 1.34. The number of aromatic amines is 1. The first-order valence-corrected chi connectivity index (χ1v) is 14.5. The number of nitrogens with zero attached hydrogens (tertiary/aromatic N) is 8. The zero-order valence-corrected chi connectivity index (χ0v) is 24.0. The largest absolute Gasteiger partial charge is 0.375 e. The van der Waals surface area contributed by atoms with E-state index in [4.69, 9.17) is 5.73 Å². The number of hydrazine groups is 1. The second-order valence-corrected chi connectivity index (χ2v) is 11.3. The van der Waals surface area contributed by atoms with Gasteiger partial charge in [-0.1, -0.05) is 54.7 Å².